The fourth-order valence-electron chi connectivity index (χ4n) is 1.30. The molecular formula is C10H7Cl3N2. The lowest BCUT2D eigenvalue weighted by Crippen LogP contribution is -2.00. The van der Waals surface area contributed by atoms with Crippen LogP contribution >= 0.6 is 34.8 Å². The lowest BCUT2D eigenvalue weighted by Gasteiger charge is -2.07. The van der Waals surface area contributed by atoms with Gasteiger partial charge >= 0.3 is 0 Å². The van der Waals surface area contributed by atoms with Gasteiger partial charge in [-0.3, -0.25) is 0 Å². The number of hydrogen-bond donors (Lipinski definition) is 0. The number of benzene rings is 1. The van der Waals surface area contributed by atoms with Crippen LogP contribution in [0.4, 0.5) is 0 Å². The highest BCUT2D eigenvalue weighted by Gasteiger charge is 2.07. The molecule has 0 atom stereocenters. The summed E-state index contributed by atoms with van der Waals surface area (Å²) < 4.78 is 1.70. The largest absolute Gasteiger partial charge is 0.235 e. The molecular weight excluding hydrogens is 254 g/mol. The molecule has 0 unspecified atom stereocenters. The van der Waals surface area contributed by atoms with E-state index in [2.05, 4.69) is 5.10 Å². The summed E-state index contributed by atoms with van der Waals surface area (Å²) in [6, 6.07) is 7.10. The van der Waals surface area contributed by atoms with Crippen LogP contribution < -0.4 is 0 Å². The van der Waals surface area contributed by atoms with Crippen LogP contribution in [0.25, 0.3) is 5.69 Å². The first-order valence-corrected chi connectivity index (χ1v) is 5.55. The molecule has 2 nitrogen and oxygen atoms in total. The van der Waals surface area contributed by atoms with Gasteiger partial charge in [-0.2, -0.15) is 5.10 Å². The zero-order chi connectivity index (χ0) is 10.8. The summed E-state index contributed by atoms with van der Waals surface area (Å²) in [6.45, 7) is 0. The van der Waals surface area contributed by atoms with Crippen molar-refractivity contribution in [2.45, 2.75) is 5.88 Å². The monoisotopic (exact) mass is 260 g/mol. The molecule has 0 fully saturated rings. The summed E-state index contributed by atoms with van der Waals surface area (Å²) in [4.78, 5) is 0. The zero-order valence-corrected chi connectivity index (χ0v) is 9.89. The summed E-state index contributed by atoms with van der Waals surface area (Å²) in [5.74, 6) is 0.388. The van der Waals surface area contributed by atoms with Crippen LogP contribution in [0.1, 0.15) is 5.69 Å². The minimum atomic E-state index is 0.388. The van der Waals surface area contributed by atoms with Crippen LogP contribution in [0, 0.1) is 0 Å². The molecule has 0 N–H and O–H groups in total. The molecule has 15 heavy (non-hydrogen) atoms. The molecule has 0 radical (unpaired) electrons. The fraction of sp³-hybridized carbons (Fsp3) is 0.100. The molecule has 0 saturated heterocycles. The Kier molecular flexibility index (Phi) is 3.19. The van der Waals surface area contributed by atoms with E-state index in [0.29, 0.717) is 15.9 Å². The quantitative estimate of drug-likeness (QED) is 0.749. The first-order chi connectivity index (χ1) is 7.22. The van der Waals surface area contributed by atoms with Crippen molar-refractivity contribution in [3.63, 3.8) is 0 Å². The minimum absolute atomic E-state index is 0.388. The molecule has 5 heteroatoms. The SMILES string of the molecule is ClCc1ccnn1-c1ccc(Cl)cc1Cl. The van der Waals surface area contributed by atoms with Gasteiger partial charge < -0.3 is 0 Å². The molecule has 2 aromatic rings. The van der Waals surface area contributed by atoms with Crippen molar-refractivity contribution >= 4 is 34.8 Å². The predicted molar refractivity (Wildman–Crippen MR) is 63.1 cm³/mol. The number of alkyl halides is 1. The van der Waals surface area contributed by atoms with E-state index in [-0.39, 0.29) is 0 Å². The third kappa shape index (κ3) is 2.12. The lowest BCUT2D eigenvalue weighted by molar-refractivity contribution is 0.840. The Morgan fingerprint density at radius 3 is 2.67 bits per heavy atom. The van der Waals surface area contributed by atoms with Crippen LogP contribution in [0.15, 0.2) is 30.5 Å². The predicted octanol–water partition coefficient (Wildman–Crippen LogP) is 3.92. The van der Waals surface area contributed by atoms with Crippen LogP contribution in [-0.4, -0.2) is 9.78 Å². The summed E-state index contributed by atoms with van der Waals surface area (Å²) in [5.41, 5.74) is 1.67. The van der Waals surface area contributed by atoms with Crippen LogP contribution in [0.3, 0.4) is 0 Å². The van der Waals surface area contributed by atoms with E-state index in [1.54, 1.807) is 23.0 Å². The topological polar surface area (TPSA) is 17.8 Å². The minimum Gasteiger partial charge on any atom is -0.235 e. The highest BCUT2D eigenvalue weighted by atomic mass is 35.5. The molecule has 0 aliphatic rings. The summed E-state index contributed by atoms with van der Waals surface area (Å²) in [5, 5.41) is 5.31. The van der Waals surface area contributed by atoms with Crippen molar-refractivity contribution in [2.75, 3.05) is 0 Å². The molecule has 1 heterocycles. The molecule has 0 aliphatic heterocycles. The Morgan fingerprint density at radius 1 is 1.20 bits per heavy atom. The second kappa shape index (κ2) is 4.44. The number of aromatic nitrogens is 2. The molecule has 0 saturated carbocycles. The maximum Gasteiger partial charge on any atom is 0.0836 e. The van der Waals surface area contributed by atoms with Gasteiger partial charge in [0, 0.05) is 11.2 Å². The molecule has 0 bridgehead atoms. The third-order valence-electron chi connectivity index (χ3n) is 2.00. The normalized spacial score (nSPS) is 10.6. The summed E-state index contributed by atoms with van der Waals surface area (Å²) in [7, 11) is 0. The van der Waals surface area contributed by atoms with E-state index in [0.717, 1.165) is 11.4 Å². The van der Waals surface area contributed by atoms with Gasteiger partial charge in [0.05, 0.1) is 22.3 Å². The standard InChI is InChI=1S/C10H7Cl3N2/c11-6-8-3-4-14-15(8)10-2-1-7(12)5-9(10)13/h1-5H,6H2. The van der Waals surface area contributed by atoms with Gasteiger partial charge in [0.25, 0.3) is 0 Å². The smallest absolute Gasteiger partial charge is 0.0836 e. The van der Waals surface area contributed by atoms with E-state index in [9.17, 15) is 0 Å². The lowest BCUT2D eigenvalue weighted by atomic mass is 10.3. The molecule has 78 valence electrons. The van der Waals surface area contributed by atoms with E-state index < -0.39 is 0 Å². The van der Waals surface area contributed by atoms with Crippen LogP contribution in [-0.2, 0) is 5.88 Å². The van der Waals surface area contributed by atoms with E-state index in [1.165, 1.54) is 0 Å². The van der Waals surface area contributed by atoms with E-state index in [1.807, 2.05) is 12.1 Å². The average molecular weight is 262 g/mol. The third-order valence-corrected chi connectivity index (χ3v) is 2.81. The maximum absolute atomic E-state index is 6.06. The molecule has 0 aliphatic carbocycles. The number of halogens is 3. The second-order valence-electron chi connectivity index (χ2n) is 2.96. The number of hydrogen-bond acceptors (Lipinski definition) is 1. The van der Waals surface area contributed by atoms with Gasteiger partial charge in [-0.05, 0) is 24.3 Å². The van der Waals surface area contributed by atoms with E-state index >= 15 is 0 Å². The fourth-order valence-corrected chi connectivity index (χ4v) is 1.99. The van der Waals surface area contributed by atoms with Gasteiger partial charge in [-0.15, -0.1) is 11.6 Å². The van der Waals surface area contributed by atoms with Gasteiger partial charge in [0.15, 0.2) is 0 Å². The Bertz CT molecular complexity index is 479. The van der Waals surface area contributed by atoms with Gasteiger partial charge in [-0.25, -0.2) is 4.68 Å². The van der Waals surface area contributed by atoms with Gasteiger partial charge in [-0.1, -0.05) is 23.2 Å². The number of nitrogens with zero attached hydrogens (tertiary/aromatic N) is 2. The zero-order valence-electron chi connectivity index (χ0n) is 7.62. The molecule has 0 amide bonds. The summed E-state index contributed by atoms with van der Waals surface area (Å²) in [6.07, 6.45) is 1.68. The highest BCUT2D eigenvalue weighted by Crippen LogP contribution is 2.25. The first kappa shape index (κ1) is 10.8. The Morgan fingerprint density at radius 2 is 2.00 bits per heavy atom. The first-order valence-electron chi connectivity index (χ1n) is 4.26. The molecule has 1 aromatic carbocycles. The average Bonchev–Trinajstić information content (AvgIpc) is 2.65. The van der Waals surface area contributed by atoms with Gasteiger partial charge in [0.2, 0.25) is 0 Å². The Balaban J connectivity index is 2.54. The second-order valence-corrected chi connectivity index (χ2v) is 4.07. The number of rotatable bonds is 2. The summed E-state index contributed by atoms with van der Waals surface area (Å²) >= 11 is 17.7. The van der Waals surface area contributed by atoms with Crippen molar-refractivity contribution in [1.29, 1.82) is 0 Å². The molecule has 2 rings (SSSR count). The van der Waals surface area contributed by atoms with E-state index in [4.69, 9.17) is 34.8 Å². The van der Waals surface area contributed by atoms with Crippen LogP contribution in [0.5, 0.6) is 0 Å². The molecule has 0 spiro atoms. The van der Waals surface area contributed by atoms with Crippen molar-refractivity contribution in [1.82, 2.24) is 9.78 Å². The van der Waals surface area contributed by atoms with Crippen molar-refractivity contribution in [3.8, 4) is 5.69 Å². The van der Waals surface area contributed by atoms with Crippen molar-refractivity contribution in [2.24, 2.45) is 0 Å². The van der Waals surface area contributed by atoms with Crippen molar-refractivity contribution < 1.29 is 0 Å². The van der Waals surface area contributed by atoms with Crippen LogP contribution in [0.2, 0.25) is 10.0 Å². The highest BCUT2D eigenvalue weighted by molar-refractivity contribution is 6.35. The molecule has 1 aromatic heterocycles. The van der Waals surface area contributed by atoms with Crippen molar-refractivity contribution in [3.05, 3.63) is 46.2 Å². The Hall–Kier alpha value is -0.700. The Labute approximate surface area is 102 Å². The maximum atomic E-state index is 6.06. The van der Waals surface area contributed by atoms with Gasteiger partial charge in [0.1, 0.15) is 0 Å².